The quantitative estimate of drug-likeness (QED) is 0.365. The Hall–Kier alpha value is -3.03. The summed E-state index contributed by atoms with van der Waals surface area (Å²) in [4.78, 5) is 7.84. The van der Waals surface area contributed by atoms with Gasteiger partial charge in [0, 0.05) is 18.2 Å². The van der Waals surface area contributed by atoms with Gasteiger partial charge in [-0.3, -0.25) is 0 Å². The summed E-state index contributed by atoms with van der Waals surface area (Å²) in [7, 11) is 0. The number of hydrogen-bond acceptors (Lipinski definition) is 5. The van der Waals surface area contributed by atoms with Crippen LogP contribution in [0.15, 0.2) is 48.7 Å². The first-order valence-corrected chi connectivity index (χ1v) is 10.4. The molecule has 3 N–H and O–H groups in total. The van der Waals surface area contributed by atoms with Crippen LogP contribution in [0.2, 0.25) is 0 Å². The number of halogens is 1. The zero-order valence-corrected chi connectivity index (χ0v) is 17.4. The maximum atomic E-state index is 10.0. The van der Waals surface area contributed by atoms with E-state index in [1.807, 2.05) is 48.7 Å². The average molecular weight is 423 g/mol. The Labute approximate surface area is 179 Å². The highest BCUT2D eigenvalue weighted by molar-refractivity contribution is 6.22. The van der Waals surface area contributed by atoms with Gasteiger partial charge in [-0.05, 0) is 45.2 Å². The number of unbranched alkanes of at least 4 members (excludes halogenated alkanes) is 1. The number of aryl methyl sites for hydroxylation is 1. The molecule has 7 nitrogen and oxygen atoms in total. The Morgan fingerprint density at radius 1 is 1.13 bits per heavy atom. The Morgan fingerprint density at radius 2 is 1.97 bits per heavy atom. The second-order valence-electron chi connectivity index (χ2n) is 7.11. The van der Waals surface area contributed by atoms with Crippen LogP contribution in [0.3, 0.4) is 0 Å². The van der Waals surface area contributed by atoms with Gasteiger partial charge >= 0.3 is 0 Å². The largest absolute Gasteiger partial charge is 0.392 e. The molecule has 0 aliphatic rings. The SMILES string of the molecule is CCCCc1nc(C(Cl)c2ccc(-c3ccccc3-c3nnn[nH]3)cc2CO)c[nH]1. The smallest absolute Gasteiger partial charge is 0.180 e. The average Bonchev–Trinajstić information content (AvgIpc) is 3.49. The van der Waals surface area contributed by atoms with Gasteiger partial charge in [0.05, 0.1) is 12.3 Å². The number of nitrogens with one attached hydrogen (secondary N) is 2. The molecule has 0 radical (unpaired) electrons. The molecule has 1 atom stereocenters. The van der Waals surface area contributed by atoms with E-state index in [4.69, 9.17) is 11.6 Å². The summed E-state index contributed by atoms with van der Waals surface area (Å²) in [5.74, 6) is 1.53. The van der Waals surface area contributed by atoms with Crippen molar-refractivity contribution in [3.05, 3.63) is 71.3 Å². The van der Waals surface area contributed by atoms with Crippen molar-refractivity contribution in [1.29, 1.82) is 0 Å². The summed E-state index contributed by atoms with van der Waals surface area (Å²) >= 11 is 6.75. The van der Waals surface area contributed by atoms with Crippen molar-refractivity contribution in [2.75, 3.05) is 0 Å². The number of aromatic amines is 2. The first-order chi connectivity index (χ1) is 14.7. The lowest BCUT2D eigenvalue weighted by Crippen LogP contribution is -2.01. The molecule has 30 heavy (non-hydrogen) atoms. The van der Waals surface area contributed by atoms with E-state index in [9.17, 15) is 5.11 Å². The lowest BCUT2D eigenvalue weighted by atomic mass is 9.94. The van der Waals surface area contributed by atoms with E-state index in [2.05, 4.69) is 37.5 Å². The van der Waals surface area contributed by atoms with E-state index >= 15 is 0 Å². The lowest BCUT2D eigenvalue weighted by molar-refractivity contribution is 0.280. The van der Waals surface area contributed by atoms with Crippen LogP contribution in [0.1, 0.15) is 47.8 Å². The maximum Gasteiger partial charge on any atom is 0.180 e. The van der Waals surface area contributed by atoms with Crippen LogP contribution in [-0.2, 0) is 13.0 Å². The molecule has 0 amide bonds. The Balaban J connectivity index is 1.67. The first kappa shape index (κ1) is 20.3. The van der Waals surface area contributed by atoms with Crippen LogP contribution in [0.25, 0.3) is 22.5 Å². The van der Waals surface area contributed by atoms with Crippen LogP contribution >= 0.6 is 11.6 Å². The molecule has 154 valence electrons. The number of tetrazole rings is 1. The highest BCUT2D eigenvalue weighted by atomic mass is 35.5. The van der Waals surface area contributed by atoms with Crippen molar-refractivity contribution in [3.8, 4) is 22.5 Å². The molecular formula is C22H23ClN6O. The fourth-order valence-corrected chi connectivity index (χ4v) is 3.84. The Kier molecular flexibility index (Phi) is 6.21. The van der Waals surface area contributed by atoms with Crippen molar-refractivity contribution in [1.82, 2.24) is 30.6 Å². The molecule has 0 saturated carbocycles. The van der Waals surface area contributed by atoms with Gasteiger partial charge in [0.15, 0.2) is 5.82 Å². The number of alkyl halides is 1. The molecule has 2 heterocycles. The van der Waals surface area contributed by atoms with Crippen LogP contribution in [-0.4, -0.2) is 35.7 Å². The normalized spacial score (nSPS) is 12.2. The molecule has 2 aromatic heterocycles. The summed E-state index contributed by atoms with van der Waals surface area (Å²) in [6.45, 7) is 2.03. The molecule has 0 fully saturated rings. The molecule has 0 aliphatic carbocycles. The number of rotatable bonds is 8. The van der Waals surface area contributed by atoms with Crippen LogP contribution < -0.4 is 0 Å². The Bertz CT molecular complexity index is 1110. The van der Waals surface area contributed by atoms with Crippen molar-refractivity contribution in [2.45, 2.75) is 38.2 Å². The fraction of sp³-hybridized carbons (Fsp3) is 0.273. The summed E-state index contributed by atoms with van der Waals surface area (Å²) in [6.07, 6.45) is 4.95. The molecule has 4 rings (SSSR count). The van der Waals surface area contributed by atoms with Crippen molar-refractivity contribution in [2.24, 2.45) is 0 Å². The summed E-state index contributed by atoms with van der Waals surface area (Å²) in [5, 5.41) is 23.8. The molecule has 0 bridgehead atoms. The minimum atomic E-state index is -0.443. The van der Waals surface area contributed by atoms with E-state index in [1.54, 1.807) is 0 Å². The summed E-state index contributed by atoms with van der Waals surface area (Å²) in [6, 6.07) is 13.8. The number of imidazole rings is 1. The number of hydrogen-bond donors (Lipinski definition) is 3. The van der Waals surface area contributed by atoms with Gasteiger partial charge in [0.25, 0.3) is 0 Å². The minimum Gasteiger partial charge on any atom is -0.392 e. The predicted molar refractivity (Wildman–Crippen MR) is 116 cm³/mol. The molecular weight excluding hydrogens is 400 g/mol. The van der Waals surface area contributed by atoms with E-state index in [0.717, 1.165) is 58.6 Å². The molecule has 4 aromatic rings. The molecule has 2 aromatic carbocycles. The van der Waals surface area contributed by atoms with Crippen molar-refractivity contribution in [3.63, 3.8) is 0 Å². The third-order valence-corrected chi connectivity index (χ3v) is 5.56. The third kappa shape index (κ3) is 4.13. The Morgan fingerprint density at radius 3 is 2.70 bits per heavy atom. The standard InChI is InChI=1S/C22H23ClN6O/c1-2-3-8-20-24-12-19(25-20)21(23)17-10-9-14(11-15(17)13-30)16-6-4-5-7-18(16)22-26-28-29-27-22/h4-7,9-12,21,30H,2-3,8,13H2,1H3,(H,24,25)(H,26,27,28,29). The molecule has 0 aliphatic heterocycles. The highest BCUT2D eigenvalue weighted by Gasteiger charge is 2.19. The molecule has 0 saturated heterocycles. The van der Waals surface area contributed by atoms with Gasteiger partial charge in [-0.2, -0.15) is 0 Å². The number of nitrogens with zero attached hydrogens (tertiary/aromatic N) is 4. The lowest BCUT2D eigenvalue weighted by Gasteiger charge is -2.15. The maximum absolute atomic E-state index is 10.0. The molecule has 0 spiro atoms. The summed E-state index contributed by atoms with van der Waals surface area (Å²) in [5.41, 5.74) is 5.16. The fourth-order valence-electron chi connectivity index (χ4n) is 3.51. The highest BCUT2D eigenvalue weighted by Crippen LogP contribution is 2.35. The van der Waals surface area contributed by atoms with Gasteiger partial charge in [0.1, 0.15) is 11.2 Å². The minimum absolute atomic E-state index is 0.120. The van der Waals surface area contributed by atoms with Crippen LogP contribution in [0, 0.1) is 0 Å². The monoisotopic (exact) mass is 422 g/mol. The zero-order chi connectivity index (χ0) is 20.9. The van der Waals surface area contributed by atoms with Crippen molar-refractivity contribution < 1.29 is 5.11 Å². The van der Waals surface area contributed by atoms with E-state index in [1.165, 1.54) is 0 Å². The van der Waals surface area contributed by atoms with Crippen LogP contribution in [0.4, 0.5) is 0 Å². The van der Waals surface area contributed by atoms with E-state index in [-0.39, 0.29) is 6.61 Å². The third-order valence-electron chi connectivity index (χ3n) is 5.10. The number of aliphatic hydroxyl groups excluding tert-OH is 1. The van der Waals surface area contributed by atoms with E-state index in [0.29, 0.717) is 5.82 Å². The number of benzene rings is 2. The van der Waals surface area contributed by atoms with Crippen LogP contribution in [0.5, 0.6) is 0 Å². The molecule has 1 unspecified atom stereocenters. The van der Waals surface area contributed by atoms with Gasteiger partial charge < -0.3 is 10.1 Å². The predicted octanol–water partition coefficient (Wildman–Crippen LogP) is 4.42. The second-order valence-corrected chi connectivity index (χ2v) is 7.54. The zero-order valence-electron chi connectivity index (χ0n) is 16.6. The number of aliphatic hydroxyl groups is 1. The summed E-state index contributed by atoms with van der Waals surface area (Å²) < 4.78 is 0. The second kappa shape index (κ2) is 9.19. The van der Waals surface area contributed by atoms with Gasteiger partial charge in [-0.25, -0.2) is 10.1 Å². The topological polar surface area (TPSA) is 103 Å². The number of H-pyrrole nitrogens is 2. The van der Waals surface area contributed by atoms with Gasteiger partial charge in [0.2, 0.25) is 0 Å². The van der Waals surface area contributed by atoms with Gasteiger partial charge in [-0.15, -0.1) is 16.7 Å². The van der Waals surface area contributed by atoms with Crippen molar-refractivity contribution >= 4 is 11.6 Å². The molecule has 8 heteroatoms. The van der Waals surface area contributed by atoms with E-state index < -0.39 is 5.38 Å². The van der Waals surface area contributed by atoms with Gasteiger partial charge in [-0.1, -0.05) is 49.7 Å². The first-order valence-electron chi connectivity index (χ1n) is 9.96. The number of aromatic nitrogens is 6.